The fraction of sp³-hybridized carbons (Fsp3) is 1.00. The van der Waals surface area contributed by atoms with Crippen LogP contribution in [-0.2, 0) is 4.74 Å². The molecule has 18 heavy (non-hydrogen) atoms. The third-order valence-electron chi connectivity index (χ3n) is 2.52. The van der Waals surface area contributed by atoms with Gasteiger partial charge in [0.1, 0.15) is 6.61 Å². The average molecular weight is 277 g/mol. The van der Waals surface area contributed by atoms with Crippen molar-refractivity contribution in [3.63, 3.8) is 0 Å². The van der Waals surface area contributed by atoms with Gasteiger partial charge in [-0.15, -0.1) is 0 Å². The Bertz CT molecular complexity index is 220. The molecule has 0 saturated carbocycles. The standard InChI is InChI=1S/C11H20F5NO/c1-3-9(17-4-2)6-5-7-18-8-10(12,13)11(14,15)16/h9,17H,3-8H2,1-2H3. The second-order valence-corrected chi connectivity index (χ2v) is 4.06. The smallest absolute Gasteiger partial charge is 0.375 e. The van der Waals surface area contributed by atoms with Crippen LogP contribution >= 0.6 is 0 Å². The summed E-state index contributed by atoms with van der Waals surface area (Å²) in [6.45, 7) is 3.03. The van der Waals surface area contributed by atoms with Crippen LogP contribution in [0.1, 0.15) is 33.1 Å². The van der Waals surface area contributed by atoms with Crippen LogP contribution in [0.3, 0.4) is 0 Å². The summed E-state index contributed by atoms with van der Waals surface area (Å²) in [6.07, 6.45) is -3.50. The summed E-state index contributed by atoms with van der Waals surface area (Å²) in [5.74, 6) is -4.77. The maximum absolute atomic E-state index is 12.4. The number of nitrogens with one attached hydrogen (secondary N) is 1. The maximum atomic E-state index is 12.4. The highest BCUT2D eigenvalue weighted by Gasteiger charge is 2.57. The highest BCUT2D eigenvalue weighted by molar-refractivity contribution is 4.74. The molecule has 110 valence electrons. The molecule has 0 rings (SSSR count). The average Bonchev–Trinajstić information content (AvgIpc) is 2.25. The molecule has 0 radical (unpaired) electrons. The van der Waals surface area contributed by atoms with Crippen molar-refractivity contribution < 1.29 is 26.7 Å². The van der Waals surface area contributed by atoms with E-state index in [1.54, 1.807) is 0 Å². The fourth-order valence-corrected chi connectivity index (χ4v) is 1.45. The molecule has 7 heteroatoms. The molecule has 0 fully saturated rings. The van der Waals surface area contributed by atoms with E-state index in [0.29, 0.717) is 12.8 Å². The predicted octanol–water partition coefficient (Wildman–Crippen LogP) is 3.37. The van der Waals surface area contributed by atoms with Crippen LogP contribution in [0.2, 0.25) is 0 Å². The van der Waals surface area contributed by atoms with Gasteiger partial charge in [-0.3, -0.25) is 0 Å². The number of hydrogen-bond donors (Lipinski definition) is 1. The van der Waals surface area contributed by atoms with Crippen molar-refractivity contribution >= 4 is 0 Å². The Labute approximate surface area is 104 Å². The normalized spacial score (nSPS) is 14.8. The number of ether oxygens (including phenoxy) is 1. The summed E-state index contributed by atoms with van der Waals surface area (Å²) in [7, 11) is 0. The summed E-state index contributed by atoms with van der Waals surface area (Å²) >= 11 is 0. The van der Waals surface area contributed by atoms with Crippen molar-refractivity contribution in [3.8, 4) is 0 Å². The van der Waals surface area contributed by atoms with Gasteiger partial charge in [-0.25, -0.2) is 0 Å². The minimum absolute atomic E-state index is 0.0897. The van der Waals surface area contributed by atoms with Crippen molar-refractivity contribution in [1.82, 2.24) is 5.32 Å². The van der Waals surface area contributed by atoms with Crippen molar-refractivity contribution in [2.24, 2.45) is 0 Å². The summed E-state index contributed by atoms with van der Waals surface area (Å²) in [4.78, 5) is 0. The zero-order valence-corrected chi connectivity index (χ0v) is 10.6. The number of halogens is 5. The van der Waals surface area contributed by atoms with Gasteiger partial charge in [0.15, 0.2) is 0 Å². The molecule has 0 aromatic carbocycles. The van der Waals surface area contributed by atoms with Crippen molar-refractivity contribution in [1.29, 1.82) is 0 Å². The molecule has 1 unspecified atom stereocenters. The highest BCUT2D eigenvalue weighted by atomic mass is 19.4. The van der Waals surface area contributed by atoms with Crippen LogP contribution in [0.15, 0.2) is 0 Å². The second kappa shape index (κ2) is 7.89. The zero-order chi connectivity index (χ0) is 14.2. The van der Waals surface area contributed by atoms with Gasteiger partial charge in [0.25, 0.3) is 0 Å². The van der Waals surface area contributed by atoms with Crippen LogP contribution < -0.4 is 5.32 Å². The first-order valence-electron chi connectivity index (χ1n) is 6.00. The Hall–Kier alpha value is -0.430. The third kappa shape index (κ3) is 6.49. The molecule has 0 aliphatic carbocycles. The minimum Gasteiger partial charge on any atom is -0.375 e. The molecular weight excluding hydrogens is 257 g/mol. The van der Waals surface area contributed by atoms with E-state index in [1.807, 2.05) is 13.8 Å². The SMILES string of the molecule is CCNC(CC)CCCOCC(F)(F)C(F)(F)F. The summed E-state index contributed by atoms with van der Waals surface area (Å²) < 4.78 is 64.6. The lowest BCUT2D eigenvalue weighted by atomic mass is 10.1. The van der Waals surface area contributed by atoms with Crippen molar-refractivity contribution in [2.45, 2.75) is 51.3 Å². The lowest BCUT2D eigenvalue weighted by Gasteiger charge is -2.20. The molecule has 0 heterocycles. The van der Waals surface area contributed by atoms with E-state index in [9.17, 15) is 22.0 Å². The molecule has 0 bridgehead atoms. The Kier molecular flexibility index (Phi) is 7.70. The van der Waals surface area contributed by atoms with Crippen LogP contribution in [0, 0.1) is 0 Å². The number of rotatable bonds is 9. The highest BCUT2D eigenvalue weighted by Crippen LogP contribution is 2.35. The molecule has 0 aromatic rings. The van der Waals surface area contributed by atoms with Gasteiger partial charge in [-0.2, -0.15) is 22.0 Å². The Balaban J connectivity index is 3.74. The molecule has 0 aromatic heterocycles. The van der Waals surface area contributed by atoms with Gasteiger partial charge in [0.05, 0.1) is 0 Å². The monoisotopic (exact) mass is 277 g/mol. The first kappa shape index (κ1) is 17.6. The molecular formula is C11H20F5NO. The lowest BCUT2D eigenvalue weighted by Crippen LogP contribution is -2.40. The largest absolute Gasteiger partial charge is 0.455 e. The summed E-state index contributed by atoms with van der Waals surface area (Å²) in [5, 5.41) is 3.18. The Morgan fingerprint density at radius 1 is 1.11 bits per heavy atom. The van der Waals surface area contributed by atoms with Crippen LogP contribution in [0.4, 0.5) is 22.0 Å². The van der Waals surface area contributed by atoms with E-state index < -0.39 is 18.7 Å². The number of hydrogen-bond acceptors (Lipinski definition) is 2. The van der Waals surface area contributed by atoms with Gasteiger partial charge in [0, 0.05) is 12.6 Å². The van der Waals surface area contributed by atoms with Gasteiger partial charge < -0.3 is 10.1 Å². The summed E-state index contributed by atoms with van der Waals surface area (Å²) in [5.41, 5.74) is 0. The van der Waals surface area contributed by atoms with Crippen LogP contribution in [0.5, 0.6) is 0 Å². The molecule has 2 nitrogen and oxygen atoms in total. The van der Waals surface area contributed by atoms with E-state index in [0.717, 1.165) is 13.0 Å². The van der Waals surface area contributed by atoms with Crippen LogP contribution in [0.25, 0.3) is 0 Å². The third-order valence-corrected chi connectivity index (χ3v) is 2.52. The van der Waals surface area contributed by atoms with Crippen LogP contribution in [-0.4, -0.2) is 37.9 Å². The minimum atomic E-state index is -5.54. The van der Waals surface area contributed by atoms with Crippen molar-refractivity contribution in [2.75, 3.05) is 19.8 Å². The topological polar surface area (TPSA) is 21.3 Å². The van der Waals surface area contributed by atoms with E-state index in [-0.39, 0.29) is 12.6 Å². The molecule has 1 N–H and O–H groups in total. The first-order chi connectivity index (χ1) is 8.24. The van der Waals surface area contributed by atoms with E-state index in [4.69, 9.17) is 0 Å². The van der Waals surface area contributed by atoms with Gasteiger partial charge in [-0.05, 0) is 25.8 Å². The van der Waals surface area contributed by atoms with Gasteiger partial charge in [-0.1, -0.05) is 13.8 Å². The molecule has 1 atom stereocenters. The molecule has 0 amide bonds. The van der Waals surface area contributed by atoms with E-state index >= 15 is 0 Å². The second-order valence-electron chi connectivity index (χ2n) is 4.06. The van der Waals surface area contributed by atoms with E-state index in [1.165, 1.54) is 0 Å². The summed E-state index contributed by atoms with van der Waals surface area (Å²) in [6, 6.07) is 0.252. The number of alkyl halides is 5. The molecule has 0 aliphatic rings. The fourth-order valence-electron chi connectivity index (χ4n) is 1.45. The Morgan fingerprint density at radius 2 is 1.72 bits per heavy atom. The predicted molar refractivity (Wildman–Crippen MR) is 58.8 cm³/mol. The lowest BCUT2D eigenvalue weighted by molar-refractivity contribution is -0.296. The zero-order valence-electron chi connectivity index (χ0n) is 10.6. The quantitative estimate of drug-likeness (QED) is 0.515. The van der Waals surface area contributed by atoms with Gasteiger partial charge >= 0.3 is 12.1 Å². The maximum Gasteiger partial charge on any atom is 0.455 e. The first-order valence-corrected chi connectivity index (χ1v) is 6.00. The molecule has 0 spiro atoms. The Morgan fingerprint density at radius 3 is 2.17 bits per heavy atom. The molecule has 0 saturated heterocycles. The van der Waals surface area contributed by atoms with Gasteiger partial charge in [0.2, 0.25) is 0 Å². The molecule has 0 aliphatic heterocycles. The van der Waals surface area contributed by atoms with E-state index in [2.05, 4.69) is 10.1 Å². The van der Waals surface area contributed by atoms with Crippen molar-refractivity contribution in [3.05, 3.63) is 0 Å².